The molecule has 3 unspecified atom stereocenters. The molecule has 2 fully saturated rings. The molecule has 0 N–H and O–H groups in total. The highest BCUT2D eigenvalue weighted by Crippen LogP contribution is 2.22. The molecule has 156 valence electrons. The monoisotopic (exact) mass is 409 g/mol. The van der Waals surface area contributed by atoms with Crippen LogP contribution in [0.25, 0.3) is 0 Å². The topological polar surface area (TPSA) is 70.2 Å². The van der Waals surface area contributed by atoms with Crippen molar-refractivity contribution >= 4 is 16.1 Å². The van der Waals surface area contributed by atoms with E-state index in [1.54, 1.807) is 4.90 Å². The highest BCUT2D eigenvalue weighted by molar-refractivity contribution is 7.86. The van der Waals surface area contributed by atoms with Crippen molar-refractivity contribution in [3.63, 3.8) is 0 Å². The Morgan fingerprint density at radius 1 is 1.04 bits per heavy atom. The Kier molecular flexibility index (Phi) is 6.75. The van der Waals surface area contributed by atoms with E-state index in [0.29, 0.717) is 45.7 Å². The molecule has 3 rings (SSSR count). The number of nitrogens with zero attached hydrogens (tertiary/aromatic N) is 3. The fraction of sp³-hybridized carbons (Fsp3) is 0.650. The Bertz CT molecular complexity index is 753. The van der Waals surface area contributed by atoms with Crippen LogP contribution in [0.2, 0.25) is 0 Å². The van der Waals surface area contributed by atoms with Gasteiger partial charge in [-0.25, -0.2) is 0 Å². The van der Waals surface area contributed by atoms with Gasteiger partial charge >= 0.3 is 0 Å². The van der Waals surface area contributed by atoms with Gasteiger partial charge in [0.05, 0.1) is 12.2 Å². The van der Waals surface area contributed by atoms with E-state index in [4.69, 9.17) is 4.74 Å². The summed E-state index contributed by atoms with van der Waals surface area (Å²) in [6.45, 7) is 8.15. The smallest absolute Gasteiger partial charge is 0.282 e. The zero-order valence-corrected chi connectivity index (χ0v) is 17.8. The van der Waals surface area contributed by atoms with E-state index in [1.165, 1.54) is 8.61 Å². The molecule has 0 aliphatic carbocycles. The number of morpholine rings is 1. The normalized spacial score (nSPS) is 26.2. The molecule has 0 radical (unpaired) electrons. The Balaban J connectivity index is 1.54. The van der Waals surface area contributed by atoms with Gasteiger partial charge in [-0.2, -0.15) is 17.0 Å². The Hall–Kier alpha value is -1.48. The molecule has 0 aromatic heterocycles. The maximum Gasteiger partial charge on any atom is 0.282 e. The standard InChI is InChI=1S/C20H31N3O4S/c1-16(19-7-5-4-6-8-19)13-20(24)21-9-11-22(12-10-21)28(25,26)23-14-17(2)27-18(3)15-23/h4-8,16-18H,9-15H2,1-3H3. The maximum absolute atomic E-state index is 13.0. The minimum absolute atomic E-state index is 0.0852. The number of carbonyl (C=O) groups is 1. The van der Waals surface area contributed by atoms with Crippen molar-refractivity contribution in [2.45, 2.75) is 45.3 Å². The number of ether oxygens (including phenoxy) is 1. The average Bonchev–Trinajstić information content (AvgIpc) is 2.68. The van der Waals surface area contributed by atoms with Crippen molar-refractivity contribution in [1.82, 2.24) is 13.5 Å². The molecule has 0 bridgehead atoms. The fourth-order valence-electron chi connectivity index (χ4n) is 3.94. The third-order valence-electron chi connectivity index (χ3n) is 5.48. The second-order valence-corrected chi connectivity index (χ2v) is 9.81. The van der Waals surface area contributed by atoms with E-state index < -0.39 is 10.2 Å². The lowest BCUT2D eigenvalue weighted by Gasteiger charge is -2.40. The molecule has 8 heteroatoms. The largest absolute Gasteiger partial charge is 0.373 e. The molecule has 3 atom stereocenters. The first-order valence-corrected chi connectivity index (χ1v) is 11.4. The summed E-state index contributed by atoms with van der Waals surface area (Å²) in [6.07, 6.45) is 0.219. The number of hydrogen-bond donors (Lipinski definition) is 0. The third-order valence-corrected chi connectivity index (χ3v) is 7.45. The van der Waals surface area contributed by atoms with Crippen molar-refractivity contribution in [3.8, 4) is 0 Å². The number of carbonyl (C=O) groups excluding carboxylic acids is 1. The number of rotatable bonds is 5. The summed E-state index contributed by atoms with van der Waals surface area (Å²) in [6, 6.07) is 9.99. The van der Waals surface area contributed by atoms with Crippen LogP contribution in [0.3, 0.4) is 0 Å². The van der Waals surface area contributed by atoms with Crippen LogP contribution in [0.4, 0.5) is 0 Å². The van der Waals surface area contributed by atoms with Crippen molar-refractivity contribution in [2.75, 3.05) is 39.3 Å². The average molecular weight is 410 g/mol. The molecular weight excluding hydrogens is 378 g/mol. The van der Waals surface area contributed by atoms with Gasteiger partial charge in [0.1, 0.15) is 0 Å². The quantitative estimate of drug-likeness (QED) is 0.742. The summed E-state index contributed by atoms with van der Waals surface area (Å²) < 4.78 is 34.6. The van der Waals surface area contributed by atoms with Crippen LogP contribution in [0, 0.1) is 0 Å². The lowest BCUT2D eigenvalue weighted by molar-refractivity contribution is -0.132. The maximum atomic E-state index is 13.0. The summed E-state index contributed by atoms with van der Waals surface area (Å²) in [5, 5.41) is 0. The van der Waals surface area contributed by atoms with Gasteiger partial charge < -0.3 is 9.64 Å². The van der Waals surface area contributed by atoms with Crippen LogP contribution in [-0.4, -0.2) is 79.3 Å². The molecule has 1 aromatic carbocycles. The van der Waals surface area contributed by atoms with E-state index >= 15 is 0 Å². The molecular formula is C20H31N3O4S. The number of amides is 1. The minimum Gasteiger partial charge on any atom is -0.373 e. The zero-order valence-electron chi connectivity index (χ0n) is 17.0. The van der Waals surface area contributed by atoms with E-state index in [1.807, 2.05) is 44.2 Å². The van der Waals surface area contributed by atoms with Crippen molar-refractivity contribution in [1.29, 1.82) is 0 Å². The molecule has 1 amide bonds. The highest BCUT2D eigenvalue weighted by atomic mass is 32.2. The first-order valence-electron chi connectivity index (χ1n) is 10.0. The van der Waals surface area contributed by atoms with Gasteiger partial charge in [0, 0.05) is 45.7 Å². The second kappa shape index (κ2) is 8.90. The molecule has 1 aromatic rings. The van der Waals surface area contributed by atoms with Gasteiger partial charge in [-0.3, -0.25) is 4.79 Å². The van der Waals surface area contributed by atoms with E-state index in [2.05, 4.69) is 6.92 Å². The molecule has 0 saturated carbocycles. The lowest BCUT2D eigenvalue weighted by Crippen LogP contribution is -2.57. The van der Waals surface area contributed by atoms with Gasteiger partial charge in [0.2, 0.25) is 5.91 Å². The molecule has 28 heavy (non-hydrogen) atoms. The number of benzene rings is 1. The molecule has 2 aliphatic heterocycles. The van der Waals surface area contributed by atoms with Gasteiger partial charge in [0.15, 0.2) is 0 Å². The molecule has 2 aliphatic rings. The third kappa shape index (κ3) is 4.92. The van der Waals surface area contributed by atoms with Gasteiger partial charge in [-0.15, -0.1) is 0 Å². The van der Waals surface area contributed by atoms with E-state index in [0.717, 1.165) is 5.56 Å². The molecule has 2 saturated heterocycles. The molecule has 2 heterocycles. The van der Waals surface area contributed by atoms with Crippen molar-refractivity contribution in [2.24, 2.45) is 0 Å². The van der Waals surface area contributed by atoms with Crippen LogP contribution in [0.5, 0.6) is 0 Å². The summed E-state index contributed by atoms with van der Waals surface area (Å²) in [5.74, 6) is 0.230. The predicted molar refractivity (Wildman–Crippen MR) is 108 cm³/mol. The lowest BCUT2D eigenvalue weighted by atomic mass is 9.97. The molecule has 0 spiro atoms. The van der Waals surface area contributed by atoms with Crippen LogP contribution in [0.15, 0.2) is 30.3 Å². The Labute approximate surface area is 168 Å². The Morgan fingerprint density at radius 3 is 2.18 bits per heavy atom. The first kappa shape index (κ1) is 21.2. The molecule has 7 nitrogen and oxygen atoms in total. The fourth-order valence-corrected chi connectivity index (χ4v) is 5.69. The van der Waals surface area contributed by atoms with E-state index in [-0.39, 0.29) is 24.0 Å². The van der Waals surface area contributed by atoms with Crippen LogP contribution < -0.4 is 0 Å². The Morgan fingerprint density at radius 2 is 1.61 bits per heavy atom. The van der Waals surface area contributed by atoms with Gasteiger partial charge in [-0.1, -0.05) is 37.3 Å². The van der Waals surface area contributed by atoms with Crippen LogP contribution in [0.1, 0.15) is 38.7 Å². The number of hydrogen-bond acceptors (Lipinski definition) is 4. The van der Waals surface area contributed by atoms with E-state index in [9.17, 15) is 13.2 Å². The minimum atomic E-state index is -3.52. The van der Waals surface area contributed by atoms with Crippen molar-refractivity contribution in [3.05, 3.63) is 35.9 Å². The second-order valence-electron chi connectivity index (χ2n) is 7.88. The summed E-state index contributed by atoms with van der Waals surface area (Å²) >= 11 is 0. The summed E-state index contributed by atoms with van der Waals surface area (Å²) in [4.78, 5) is 14.4. The van der Waals surface area contributed by atoms with Gasteiger partial charge in [-0.05, 0) is 25.3 Å². The zero-order chi connectivity index (χ0) is 20.3. The first-order chi connectivity index (χ1) is 13.3. The number of piperazine rings is 1. The predicted octanol–water partition coefficient (Wildman–Crippen LogP) is 1.68. The van der Waals surface area contributed by atoms with Crippen LogP contribution in [-0.2, 0) is 19.7 Å². The summed E-state index contributed by atoms with van der Waals surface area (Å²) in [5.41, 5.74) is 1.15. The van der Waals surface area contributed by atoms with Gasteiger partial charge in [0.25, 0.3) is 10.2 Å². The van der Waals surface area contributed by atoms with Crippen LogP contribution >= 0.6 is 0 Å². The van der Waals surface area contributed by atoms with Crippen molar-refractivity contribution < 1.29 is 17.9 Å². The SMILES string of the molecule is CC1CN(S(=O)(=O)N2CCN(C(=O)CC(C)c3ccccc3)CC2)CC(C)O1. The highest BCUT2D eigenvalue weighted by Gasteiger charge is 2.37. The summed E-state index contributed by atoms with van der Waals surface area (Å²) in [7, 11) is -3.52.